The molecule has 0 saturated carbocycles. The highest BCUT2D eigenvalue weighted by atomic mass is 16.4. The van der Waals surface area contributed by atoms with E-state index in [-0.39, 0.29) is 12.5 Å². The van der Waals surface area contributed by atoms with Gasteiger partial charge in [0.05, 0.1) is 6.42 Å². The molecule has 1 heterocycles. The monoisotopic (exact) mass is 262 g/mol. The SMILES string of the molecule is CC1CCN(C(=O)Nc2ccc(CC(=O)O)cc2)C1. The van der Waals surface area contributed by atoms with Crippen LogP contribution in [0, 0.1) is 5.92 Å². The number of rotatable bonds is 3. The van der Waals surface area contributed by atoms with Crippen LogP contribution in [-0.4, -0.2) is 35.1 Å². The lowest BCUT2D eigenvalue weighted by molar-refractivity contribution is -0.136. The Morgan fingerprint density at radius 3 is 2.58 bits per heavy atom. The molecular weight excluding hydrogens is 244 g/mol. The van der Waals surface area contributed by atoms with E-state index < -0.39 is 5.97 Å². The lowest BCUT2D eigenvalue weighted by Crippen LogP contribution is -2.32. The Morgan fingerprint density at radius 2 is 2.05 bits per heavy atom. The number of hydrogen-bond donors (Lipinski definition) is 2. The van der Waals surface area contributed by atoms with Crippen molar-refractivity contribution >= 4 is 17.7 Å². The minimum absolute atomic E-state index is 0.00212. The van der Waals surface area contributed by atoms with Gasteiger partial charge in [-0.25, -0.2) is 4.79 Å². The van der Waals surface area contributed by atoms with E-state index in [2.05, 4.69) is 12.2 Å². The molecule has 1 unspecified atom stereocenters. The lowest BCUT2D eigenvalue weighted by Gasteiger charge is -2.16. The van der Waals surface area contributed by atoms with Gasteiger partial charge < -0.3 is 15.3 Å². The van der Waals surface area contributed by atoms with Crippen LogP contribution < -0.4 is 5.32 Å². The topological polar surface area (TPSA) is 69.6 Å². The molecule has 1 aromatic carbocycles. The summed E-state index contributed by atoms with van der Waals surface area (Å²) in [5, 5.41) is 11.5. The number of benzene rings is 1. The van der Waals surface area contributed by atoms with Crippen LogP contribution in [0.4, 0.5) is 10.5 Å². The molecule has 1 atom stereocenters. The average molecular weight is 262 g/mol. The summed E-state index contributed by atoms with van der Waals surface area (Å²) in [7, 11) is 0. The normalized spacial score (nSPS) is 18.4. The first kappa shape index (κ1) is 13.4. The number of aliphatic carboxylic acids is 1. The number of anilines is 1. The van der Waals surface area contributed by atoms with Crippen molar-refractivity contribution in [3.05, 3.63) is 29.8 Å². The fourth-order valence-electron chi connectivity index (χ4n) is 2.20. The van der Waals surface area contributed by atoms with Gasteiger partial charge in [-0.05, 0) is 30.0 Å². The minimum atomic E-state index is -0.858. The number of nitrogens with zero attached hydrogens (tertiary/aromatic N) is 1. The number of carboxylic acids is 1. The first-order valence-electron chi connectivity index (χ1n) is 6.41. The fourth-order valence-corrected chi connectivity index (χ4v) is 2.20. The third kappa shape index (κ3) is 3.71. The Hall–Kier alpha value is -2.04. The number of carbonyl (C=O) groups excluding carboxylic acids is 1. The quantitative estimate of drug-likeness (QED) is 0.877. The maximum absolute atomic E-state index is 11.9. The van der Waals surface area contributed by atoms with Gasteiger partial charge >= 0.3 is 12.0 Å². The van der Waals surface area contributed by atoms with Crippen LogP contribution in [0.1, 0.15) is 18.9 Å². The Morgan fingerprint density at radius 1 is 1.37 bits per heavy atom. The van der Waals surface area contributed by atoms with Crippen LogP contribution in [-0.2, 0) is 11.2 Å². The molecule has 1 saturated heterocycles. The molecule has 1 fully saturated rings. The van der Waals surface area contributed by atoms with Gasteiger partial charge in [-0.1, -0.05) is 19.1 Å². The van der Waals surface area contributed by atoms with Gasteiger partial charge in [-0.3, -0.25) is 4.79 Å². The second kappa shape index (κ2) is 5.73. The summed E-state index contributed by atoms with van der Waals surface area (Å²) < 4.78 is 0. The third-order valence-corrected chi connectivity index (χ3v) is 3.27. The molecule has 5 nitrogen and oxygen atoms in total. The number of nitrogens with one attached hydrogen (secondary N) is 1. The molecule has 0 bridgehead atoms. The third-order valence-electron chi connectivity index (χ3n) is 3.27. The van der Waals surface area contributed by atoms with E-state index in [1.54, 1.807) is 29.2 Å². The highest BCUT2D eigenvalue weighted by molar-refractivity contribution is 5.89. The van der Waals surface area contributed by atoms with Crippen molar-refractivity contribution < 1.29 is 14.7 Å². The Kier molecular flexibility index (Phi) is 4.04. The van der Waals surface area contributed by atoms with E-state index in [9.17, 15) is 9.59 Å². The van der Waals surface area contributed by atoms with Crippen LogP contribution in [0.2, 0.25) is 0 Å². The van der Waals surface area contributed by atoms with Crippen LogP contribution in [0.5, 0.6) is 0 Å². The van der Waals surface area contributed by atoms with E-state index >= 15 is 0 Å². The smallest absolute Gasteiger partial charge is 0.321 e. The van der Waals surface area contributed by atoms with Crippen molar-refractivity contribution in [1.82, 2.24) is 4.90 Å². The predicted octanol–water partition coefficient (Wildman–Crippen LogP) is 2.19. The molecule has 2 rings (SSSR count). The summed E-state index contributed by atoms with van der Waals surface area (Å²) in [5.41, 5.74) is 1.42. The van der Waals surface area contributed by atoms with Crippen LogP contribution in [0.3, 0.4) is 0 Å². The van der Waals surface area contributed by atoms with Gasteiger partial charge in [0.15, 0.2) is 0 Å². The largest absolute Gasteiger partial charge is 0.481 e. The zero-order valence-corrected chi connectivity index (χ0v) is 10.9. The molecule has 1 aromatic rings. The number of hydrogen-bond acceptors (Lipinski definition) is 2. The minimum Gasteiger partial charge on any atom is -0.481 e. The number of carbonyl (C=O) groups is 2. The van der Waals surface area contributed by atoms with Crippen molar-refractivity contribution in [2.24, 2.45) is 5.92 Å². The van der Waals surface area contributed by atoms with Crippen molar-refractivity contribution in [2.45, 2.75) is 19.8 Å². The van der Waals surface area contributed by atoms with Crippen molar-refractivity contribution in [1.29, 1.82) is 0 Å². The van der Waals surface area contributed by atoms with Gasteiger partial charge in [0.25, 0.3) is 0 Å². The molecule has 0 radical (unpaired) electrons. The fraction of sp³-hybridized carbons (Fsp3) is 0.429. The van der Waals surface area contributed by atoms with Gasteiger partial charge in [0, 0.05) is 18.8 Å². The maximum Gasteiger partial charge on any atom is 0.321 e. The second-order valence-electron chi connectivity index (χ2n) is 5.04. The van der Waals surface area contributed by atoms with Gasteiger partial charge in [0.1, 0.15) is 0 Å². The lowest BCUT2D eigenvalue weighted by atomic mass is 10.1. The first-order chi connectivity index (χ1) is 9.04. The van der Waals surface area contributed by atoms with Crippen molar-refractivity contribution in [2.75, 3.05) is 18.4 Å². The molecule has 19 heavy (non-hydrogen) atoms. The zero-order chi connectivity index (χ0) is 13.8. The predicted molar refractivity (Wildman–Crippen MR) is 72.2 cm³/mol. The highest BCUT2D eigenvalue weighted by Crippen LogP contribution is 2.17. The average Bonchev–Trinajstić information content (AvgIpc) is 2.78. The summed E-state index contributed by atoms with van der Waals surface area (Å²) in [6.45, 7) is 3.72. The number of carboxylic acid groups (broad SMARTS) is 1. The molecule has 0 aliphatic carbocycles. The van der Waals surface area contributed by atoms with Crippen LogP contribution >= 0.6 is 0 Å². The molecule has 0 spiro atoms. The number of urea groups is 1. The number of likely N-dealkylation sites (tertiary alicyclic amines) is 1. The first-order valence-corrected chi connectivity index (χ1v) is 6.41. The van der Waals surface area contributed by atoms with Crippen molar-refractivity contribution in [3.8, 4) is 0 Å². The van der Waals surface area contributed by atoms with Gasteiger partial charge in [0.2, 0.25) is 0 Å². The molecular formula is C14H18N2O3. The van der Waals surface area contributed by atoms with Gasteiger partial charge in [-0.2, -0.15) is 0 Å². The molecule has 0 aromatic heterocycles. The second-order valence-corrected chi connectivity index (χ2v) is 5.04. The van der Waals surface area contributed by atoms with Crippen LogP contribution in [0.15, 0.2) is 24.3 Å². The summed E-state index contributed by atoms with van der Waals surface area (Å²) in [5.74, 6) is -0.300. The summed E-state index contributed by atoms with van der Waals surface area (Å²) >= 11 is 0. The maximum atomic E-state index is 11.9. The standard InChI is InChI=1S/C14H18N2O3/c1-10-6-7-16(9-10)14(19)15-12-4-2-11(3-5-12)8-13(17)18/h2-5,10H,6-9H2,1H3,(H,15,19)(H,17,18). The van der Waals surface area contributed by atoms with E-state index in [0.717, 1.165) is 25.1 Å². The summed E-state index contributed by atoms with van der Waals surface area (Å²) in [4.78, 5) is 24.3. The Bertz CT molecular complexity index is 470. The Labute approximate surface area is 112 Å². The molecule has 2 N–H and O–H groups in total. The Balaban J connectivity index is 1.92. The molecule has 5 heteroatoms. The van der Waals surface area contributed by atoms with Crippen molar-refractivity contribution in [3.63, 3.8) is 0 Å². The summed E-state index contributed by atoms with van der Waals surface area (Å²) in [6.07, 6.45) is 1.04. The van der Waals surface area contributed by atoms with E-state index in [4.69, 9.17) is 5.11 Å². The molecule has 1 aliphatic rings. The van der Waals surface area contributed by atoms with E-state index in [1.165, 1.54) is 0 Å². The zero-order valence-electron chi connectivity index (χ0n) is 10.9. The van der Waals surface area contributed by atoms with E-state index in [1.807, 2.05) is 0 Å². The molecule has 102 valence electrons. The van der Waals surface area contributed by atoms with Gasteiger partial charge in [-0.15, -0.1) is 0 Å². The highest BCUT2D eigenvalue weighted by Gasteiger charge is 2.22. The molecule has 2 amide bonds. The number of amides is 2. The molecule has 1 aliphatic heterocycles. The van der Waals surface area contributed by atoms with E-state index in [0.29, 0.717) is 11.6 Å². The van der Waals surface area contributed by atoms with Crippen LogP contribution in [0.25, 0.3) is 0 Å². The summed E-state index contributed by atoms with van der Waals surface area (Å²) in [6, 6.07) is 6.81.